The lowest BCUT2D eigenvalue weighted by Crippen LogP contribution is -2.47. The summed E-state index contributed by atoms with van der Waals surface area (Å²) in [4.78, 5) is 21.2. The monoisotopic (exact) mass is 302 g/mol. The molecule has 0 saturated heterocycles. The summed E-state index contributed by atoms with van der Waals surface area (Å²) in [6.07, 6.45) is 8.94. The number of carbonyl (C=O) groups is 1. The van der Waals surface area contributed by atoms with Crippen molar-refractivity contribution >= 4 is 11.9 Å². The molecule has 5 nitrogen and oxygen atoms in total. The highest BCUT2D eigenvalue weighted by Crippen LogP contribution is 2.38. The van der Waals surface area contributed by atoms with E-state index in [1.807, 2.05) is 6.92 Å². The Morgan fingerprint density at radius 1 is 1.14 bits per heavy atom. The summed E-state index contributed by atoms with van der Waals surface area (Å²) in [7, 11) is 1.77. The predicted molar refractivity (Wildman–Crippen MR) is 86.9 cm³/mol. The Hall–Kier alpha value is -1.65. The zero-order valence-electron chi connectivity index (χ0n) is 13.6. The predicted octanol–water partition coefficient (Wildman–Crippen LogP) is 2.92. The van der Waals surface area contributed by atoms with Crippen LogP contribution in [0.1, 0.15) is 61.1 Å². The van der Waals surface area contributed by atoms with Gasteiger partial charge in [-0.15, -0.1) is 0 Å². The molecular weight excluding hydrogens is 276 g/mol. The number of rotatable bonds is 5. The normalized spacial score (nSPS) is 20.5. The van der Waals surface area contributed by atoms with Gasteiger partial charge < -0.3 is 10.6 Å². The van der Waals surface area contributed by atoms with Gasteiger partial charge in [0.05, 0.1) is 0 Å². The quantitative estimate of drug-likeness (QED) is 0.877. The molecule has 22 heavy (non-hydrogen) atoms. The van der Waals surface area contributed by atoms with Crippen molar-refractivity contribution in [1.29, 1.82) is 0 Å². The zero-order valence-corrected chi connectivity index (χ0v) is 13.6. The number of hydrogen-bond acceptors (Lipinski definition) is 4. The summed E-state index contributed by atoms with van der Waals surface area (Å²) in [5, 5.41) is 6.21. The first-order valence-electron chi connectivity index (χ1n) is 8.51. The minimum absolute atomic E-state index is 0.0502. The fraction of sp³-hybridized carbons (Fsp3) is 0.706. The smallest absolute Gasteiger partial charge is 0.270 e. The van der Waals surface area contributed by atoms with E-state index in [4.69, 9.17) is 0 Å². The molecule has 2 saturated carbocycles. The fourth-order valence-electron chi connectivity index (χ4n) is 3.76. The lowest BCUT2D eigenvalue weighted by Gasteiger charge is -2.38. The first-order valence-corrected chi connectivity index (χ1v) is 8.51. The molecule has 1 heterocycles. The van der Waals surface area contributed by atoms with Crippen LogP contribution in [0, 0.1) is 18.8 Å². The average Bonchev–Trinajstić information content (AvgIpc) is 2.97. The van der Waals surface area contributed by atoms with Gasteiger partial charge in [0.2, 0.25) is 5.95 Å². The first kappa shape index (κ1) is 15.3. The summed E-state index contributed by atoms with van der Waals surface area (Å²) in [6.45, 7) is 1.89. The van der Waals surface area contributed by atoms with Crippen molar-refractivity contribution in [3.8, 4) is 0 Å². The highest BCUT2D eigenvalue weighted by molar-refractivity contribution is 5.92. The summed E-state index contributed by atoms with van der Waals surface area (Å²) < 4.78 is 0. The van der Waals surface area contributed by atoms with Gasteiger partial charge in [0.15, 0.2) is 0 Å². The largest absolute Gasteiger partial charge is 0.357 e. The van der Waals surface area contributed by atoms with E-state index in [9.17, 15) is 4.79 Å². The van der Waals surface area contributed by atoms with Gasteiger partial charge in [-0.1, -0.05) is 19.3 Å². The Bertz CT molecular complexity index is 535. The number of hydrogen-bond donors (Lipinski definition) is 2. The van der Waals surface area contributed by atoms with Crippen LogP contribution in [0.15, 0.2) is 6.07 Å². The molecule has 1 aromatic rings. The van der Waals surface area contributed by atoms with E-state index >= 15 is 0 Å². The van der Waals surface area contributed by atoms with Crippen LogP contribution in [0.25, 0.3) is 0 Å². The molecule has 0 aromatic carbocycles. The molecule has 1 atom stereocenters. The molecule has 1 amide bonds. The summed E-state index contributed by atoms with van der Waals surface area (Å²) in [5.41, 5.74) is 1.28. The molecule has 120 valence electrons. The SMILES string of the molecule is CNc1nc(C)cc(C(=O)NC(C2CCCC2)C2CCC2)n1. The molecule has 0 radical (unpaired) electrons. The Kier molecular flexibility index (Phi) is 4.60. The van der Waals surface area contributed by atoms with Crippen LogP contribution in [0.2, 0.25) is 0 Å². The second-order valence-corrected chi connectivity index (χ2v) is 6.70. The van der Waals surface area contributed by atoms with Crippen molar-refractivity contribution in [2.45, 2.75) is 57.9 Å². The number of aromatic nitrogens is 2. The number of anilines is 1. The lowest BCUT2D eigenvalue weighted by molar-refractivity contribution is 0.0855. The van der Waals surface area contributed by atoms with Crippen molar-refractivity contribution in [3.05, 3.63) is 17.5 Å². The van der Waals surface area contributed by atoms with E-state index in [0.29, 0.717) is 29.5 Å². The van der Waals surface area contributed by atoms with E-state index in [-0.39, 0.29) is 5.91 Å². The highest BCUT2D eigenvalue weighted by Gasteiger charge is 2.35. The van der Waals surface area contributed by atoms with E-state index in [2.05, 4.69) is 20.6 Å². The lowest BCUT2D eigenvalue weighted by atomic mass is 9.74. The fourth-order valence-corrected chi connectivity index (χ4v) is 3.76. The van der Waals surface area contributed by atoms with Crippen molar-refractivity contribution in [2.24, 2.45) is 11.8 Å². The minimum atomic E-state index is -0.0502. The first-order chi connectivity index (χ1) is 10.7. The van der Waals surface area contributed by atoms with Crippen LogP contribution >= 0.6 is 0 Å². The Labute approximate surface area is 132 Å². The Balaban J connectivity index is 1.74. The molecule has 1 aromatic heterocycles. The van der Waals surface area contributed by atoms with Gasteiger partial charge in [0.1, 0.15) is 5.69 Å². The van der Waals surface area contributed by atoms with Crippen molar-refractivity contribution in [2.75, 3.05) is 12.4 Å². The molecule has 2 fully saturated rings. The van der Waals surface area contributed by atoms with Crippen molar-refractivity contribution in [1.82, 2.24) is 15.3 Å². The van der Waals surface area contributed by atoms with Gasteiger partial charge in [0.25, 0.3) is 5.91 Å². The number of amides is 1. The second kappa shape index (κ2) is 6.63. The third kappa shape index (κ3) is 3.23. The Morgan fingerprint density at radius 3 is 2.32 bits per heavy atom. The highest BCUT2D eigenvalue weighted by atomic mass is 16.2. The van der Waals surface area contributed by atoms with Gasteiger partial charge in [-0.2, -0.15) is 0 Å². The third-order valence-corrected chi connectivity index (χ3v) is 5.17. The third-order valence-electron chi connectivity index (χ3n) is 5.17. The molecule has 2 aliphatic carbocycles. The maximum Gasteiger partial charge on any atom is 0.270 e. The number of carbonyl (C=O) groups excluding carboxylic acids is 1. The molecule has 5 heteroatoms. The van der Waals surface area contributed by atoms with E-state index < -0.39 is 0 Å². The van der Waals surface area contributed by atoms with Crippen LogP contribution < -0.4 is 10.6 Å². The van der Waals surface area contributed by atoms with E-state index in [1.165, 1.54) is 44.9 Å². The molecule has 0 spiro atoms. The number of nitrogens with zero attached hydrogens (tertiary/aromatic N) is 2. The van der Waals surface area contributed by atoms with Crippen LogP contribution in [0.3, 0.4) is 0 Å². The standard InChI is InChI=1S/C17H26N4O/c1-11-10-14(20-17(18-2)19-11)16(22)21-15(13-8-5-9-13)12-6-3-4-7-12/h10,12-13,15H,3-9H2,1-2H3,(H,21,22)(H,18,19,20). The van der Waals surface area contributed by atoms with Gasteiger partial charge in [-0.25, -0.2) is 9.97 Å². The molecule has 0 bridgehead atoms. The summed E-state index contributed by atoms with van der Waals surface area (Å²) >= 11 is 0. The summed E-state index contributed by atoms with van der Waals surface area (Å²) in [6, 6.07) is 2.10. The second-order valence-electron chi connectivity index (χ2n) is 6.70. The van der Waals surface area contributed by atoms with E-state index in [1.54, 1.807) is 13.1 Å². The molecule has 0 aliphatic heterocycles. The topological polar surface area (TPSA) is 66.9 Å². The van der Waals surface area contributed by atoms with E-state index in [0.717, 1.165) is 5.69 Å². The van der Waals surface area contributed by atoms with Crippen LogP contribution in [-0.2, 0) is 0 Å². The minimum Gasteiger partial charge on any atom is -0.357 e. The Morgan fingerprint density at radius 2 is 1.77 bits per heavy atom. The van der Waals surface area contributed by atoms with Gasteiger partial charge >= 0.3 is 0 Å². The zero-order chi connectivity index (χ0) is 15.5. The number of aryl methyl sites for hydroxylation is 1. The maximum atomic E-state index is 12.6. The molecule has 2 aliphatic rings. The maximum absolute atomic E-state index is 12.6. The molecular formula is C17H26N4O. The van der Waals surface area contributed by atoms with Crippen molar-refractivity contribution < 1.29 is 4.79 Å². The van der Waals surface area contributed by atoms with Crippen molar-refractivity contribution in [3.63, 3.8) is 0 Å². The van der Waals surface area contributed by atoms with Crippen LogP contribution in [0.5, 0.6) is 0 Å². The molecule has 2 N–H and O–H groups in total. The van der Waals surface area contributed by atoms with Gasteiger partial charge in [-0.3, -0.25) is 4.79 Å². The molecule has 1 unspecified atom stereocenters. The molecule has 3 rings (SSSR count). The summed E-state index contributed by atoms with van der Waals surface area (Å²) in [5.74, 6) is 1.77. The average molecular weight is 302 g/mol. The van der Waals surface area contributed by atoms with Crippen LogP contribution in [-0.4, -0.2) is 29.0 Å². The number of nitrogens with one attached hydrogen (secondary N) is 2. The van der Waals surface area contributed by atoms with Gasteiger partial charge in [0, 0.05) is 18.8 Å². The van der Waals surface area contributed by atoms with Gasteiger partial charge in [-0.05, 0) is 50.5 Å². The van der Waals surface area contributed by atoms with Crippen LogP contribution in [0.4, 0.5) is 5.95 Å².